The van der Waals surface area contributed by atoms with E-state index >= 15 is 0 Å². The second-order valence-electron chi connectivity index (χ2n) is 5.51. The van der Waals surface area contributed by atoms with E-state index in [0.29, 0.717) is 22.0 Å². The molecule has 1 amide bonds. The van der Waals surface area contributed by atoms with Crippen molar-refractivity contribution >= 4 is 29.2 Å². The number of hydrogen-bond donors (Lipinski definition) is 1. The van der Waals surface area contributed by atoms with E-state index in [2.05, 4.69) is 5.32 Å². The first-order valence-corrected chi connectivity index (χ1v) is 8.16. The highest BCUT2D eigenvalue weighted by atomic mass is 35.5. The number of nitrogens with zero attached hydrogens (tertiary/aromatic N) is 1. The fourth-order valence-electron chi connectivity index (χ4n) is 2.03. The minimum Gasteiger partial charge on any atom is -0.479 e. The molecule has 2 aromatic rings. The molecule has 0 aliphatic rings. The van der Waals surface area contributed by atoms with Gasteiger partial charge in [0.2, 0.25) is 0 Å². The molecular formula is C19H17ClN2O4. The van der Waals surface area contributed by atoms with E-state index in [0.717, 1.165) is 5.56 Å². The molecule has 0 bridgehead atoms. The van der Waals surface area contributed by atoms with Gasteiger partial charge >= 0.3 is 5.97 Å². The van der Waals surface area contributed by atoms with Crippen LogP contribution in [0.2, 0.25) is 5.02 Å². The molecule has 2 rings (SSSR count). The molecule has 0 aliphatic heterocycles. The van der Waals surface area contributed by atoms with Crippen LogP contribution in [0.4, 0.5) is 5.69 Å². The number of nitriles is 1. The van der Waals surface area contributed by atoms with E-state index < -0.39 is 24.6 Å². The number of esters is 1. The van der Waals surface area contributed by atoms with E-state index in [1.807, 2.05) is 13.0 Å². The van der Waals surface area contributed by atoms with Gasteiger partial charge in [-0.2, -0.15) is 5.26 Å². The molecule has 7 heteroatoms. The summed E-state index contributed by atoms with van der Waals surface area (Å²) in [7, 11) is 0. The average molecular weight is 373 g/mol. The monoisotopic (exact) mass is 372 g/mol. The summed E-state index contributed by atoms with van der Waals surface area (Å²) in [4.78, 5) is 23.9. The van der Waals surface area contributed by atoms with E-state index in [-0.39, 0.29) is 0 Å². The number of amides is 1. The lowest BCUT2D eigenvalue weighted by Crippen LogP contribution is -2.29. The molecule has 1 N–H and O–H groups in total. The van der Waals surface area contributed by atoms with Gasteiger partial charge in [0, 0.05) is 10.7 Å². The summed E-state index contributed by atoms with van der Waals surface area (Å²) >= 11 is 5.89. The zero-order chi connectivity index (χ0) is 19.1. The van der Waals surface area contributed by atoms with E-state index in [9.17, 15) is 9.59 Å². The number of rotatable bonds is 6. The van der Waals surface area contributed by atoms with Gasteiger partial charge in [-0.25, -0.2) is 4.79 Å². The van der Waals surface area contributed by atoms with Crippen molar-refractivity contribution in [2.45, 2.75) is 20.0 Å². The molecule has 6 nitrogen and oxygen atoms in total. The fraction of sp³-hybridized carbons (Fsp3) is 0.211. The van der Waals surface area contributed by atoms with Gasteiger partial charge < -0.3 is 14.8 Å². The maximum Gasteiger partial charge on any atom is 0.347 e. The standard InChI is InChI=1S/C19H17ClN2O4/c1-12-3-6-15(20)9-17(12)22-18(23)11-25-19(24)13(2)26-16-7-4-14(10-21)5-8-16/h3-9,13H,11H2,1-2H3,(H,22,23)/t13-/m0/s1. The van der Waals surface area contributed by atoms with Gasteiger partial charge in [0.1, 0.15) is 5.75 Å². The minimum absolute atomic E-state index is 0.424. The number of carbonyl (C=O) groups excluding carboxylic acids is 2. The first kappa shape index (κ1) is 19.3. The van der Waals surface area contributed by atoms with Crippen molar-refractivity contribution in [1.29, 1.82) is 5.26 Å². The molecule has 0 fully saturated rings. The van der Waals surface area contributed by atoms with Crippen molar-refractivity contribution in [3.05, 3.63) is 58.6 Å². The second kappa shape index (κ2) is 8.88. The highest BCUT2D eigenvalue weighted by molar-refractivity contribution is 6.31. The maximum atomic E-state index is 11.9. The summed E-state index contributed by atoms with van der Waals surface area (Å²) in [5.41, 5.74) is 1.88. The fourth-order valence-corrected chi connectivity index (χ4v) is 2.20. The molecule has 0 radical (unpaired) electrons. The molecule has 0 spiro atoms. The van der Waals surface area contributed by atoms with Crippen molar-refractivity contribution in [3.8, 4) is 11.8 Å². The number of benzene rings is 2. The van der Waals surface area contributed by atoms with Crippen LogP contribution in [-0.4, -0.2) is 24.6 Å². The Morgan fingerprint density at radius 1 is 1.23 bits per heavy atom. The number of nitrogens with one attached hydrogen (secondary N) is 1. The van der Waals surface area contributed by atoms with Crippen molar-refractivity contribution < 1.29 is 19.1 Å². The van der Waals surface area contributed by atoms with Gasteiger partial charge in [0.15, 0.2) is 12.7 Å². The average Bonchev–Trinajstić information content (AvgIpc) is 2.63. The van der Waals surface area contributed by atoms with Gasteiger partial charge in [-0.1, -0.05) is 17.7 Å². The molecule has 134 valence electrons. The number of carbonyl (C=O) groups is 2. The first-order chi connectivity index (χ1) is 12.4. The third-order valence-corrected chi connectivity index (χ3v) is 3.68. The Balaban J connectivity index is 1.83. The lowest BCUT2D eigenvalue weighted by atomic mass is 10.2. The predicted molar refractivity (Wildman–Crippen MR) is 97.0 cm³/mol. The normalized spacial score (nSPS) is 11.2. The summed E-state index contributed by atoms with van der Waals surface area (Å²) in [5.74, 6) is -0.728. The van der Waals surface area contributed by atoms with Crippen LogP contribution >= 0.6 is 11.6 Å². The van der Waals surface area contributed by atoms with Crippen LogP contribution in [0.1, 0.15) is 18.1 Å². The Morgan fingerprint density at radius 3 is 2.58 bits per heavy atom. The molecule has 0 saturated carbocycles. The maximum absolute atomic E-state index is 11.9. The number of halogens is 1. The van der Waals surface area contributed by atoms with Crippen molar-refractivity contribution in [3.63, 3.8) is 0 Å². The molecule has 0 unspecified atom stereocenters. The summed E-state index contributed by atoms with van der Waals surface area (Å²) in [6, 6.07) is 13.4. The van der Waals surface area contributed by atoms with Gasteiger partial charge in [0.05, 0.1) is 11.6 Å². The van der Waals surface area contributed by atoms with Crippen LogP contribution in [0.25, 0.3) is 0 Å². The summed E-state index contributed by atoms with van der Waals surface area (Å²) in [5, 5.41) is 11.9. The summed E-state index contributed by atoms with van der Waals surface area (Å²) in [6.07, 6.45) is -0.899. The molecule has 0 heterocycles. The smallest absolute Gasteiger partial charge is 0.347 e. The summed E-state index contributed by atoms with van der Waals surface area (Å²) < 4.78 is 10.4. The van der Waals surface area contributed by atoms with Gasteiger partial charge in [-0.05, 0) is 55.8 Å². The second-order valence-corrected chi connectivity index (χ2v) is 5.95. The molecule has 0 saturated heterocycles. The quantitative estimate of drug-likeness (QED) is 0.784. The lowest BCUT2D eigenvalue weighted by molar-refractivity contribution is -0.153. The number of ether oxygens (including phenoxy) is 2. The van der Waals surface area contributed by atoms with E-state index in [1.54, 1.807) is 42.5 Å². The highest BCUT2D eigenvalue weighted by Crippen LogP contribution is 2.20. The Kier molecular flexibility index (Phi) is 6.59. The largest absolute Gasteiger partial charge is 0.479 e. The van der Waals surface area contributed by atoms with E-state index in [1.165, 1.54) is 6.92 Å². The Morgan fingerprint density at radius 2 is 1.92 bits per heavy atom. The van der Waals surface area contributed by atoms with E-state index in [4.69, 9.17) is 26.3 Å². The molecule has 2 aromatic carbocycles. The van der Waals surface area contributed by atoms with Crippen LogP contribution in [0, 0.1) is 18.3 Å². The number of hydrogen-bond acceptors (Lipinski definition) is 5. The van der Waals surface area contributed by atoms with Crippen LogP contribution in [0.15, 0.2) is 42.5 Å². The first-order valence-electron chi connectivity index (χ1n) is 7.78. The van der Waals surface area contributed by atoms with Crippen LogP contribution in [0.5, 0.6) is 5.75 Å². The lowest BCUT2D eigenvalue weighted by Gasteiger charge is -2.14. The van der Waals surface area contributed by atoms with Gasteiger partial charge in [-0.3, -0.25) is 4.79 Å². The third-order valence-electron chi connectivity index (χ3n) is 3.45. The Hall–Kier alpha value is -3.04. The minimum atomic E-state index is -0.899. The van der Waals surface area contributed by atoms with Crippen LogP contribution < -0.4 is 10.1 Å². The predicted octanol–water partition coefficient (Wildman–Crippen LogP) is 3.47. The Labute approximate surface area is 156 Å². The van der Waals surface area contributed by atoms with Gasteiger partial charge in [-0.15, -0.1) is 0 Å². The molecule has 0 aliphatic carbocycles. The van der Waals surface area contributed by atoms with Gasteiger partial charge in [0.25, 0.3) is 5.91 Å². The van der Waals surface area contributed by atoms with Crippen molar-refractivity contribution in [2.75, 3.05) is 11.9 Å². The third kappa shape index (κ3) is 5.50. The molecule has 1 atom stereocenters. The van der Waals surface area contributed by atoms with Crippen molar-refractivity contribution in [2.24, 2.45) is 0 Å². The number of aryl methyl sites for hydroxylation is 1. The molecular weight excluding hydrogens is 356 g/mol. The zero-order valence-corrected chi connectivity index (χ0v) is 15.0. The molecule has 0 aromatic heterocycles. The highest BCUT2D eigenvalue weighted by Gasteiger charge is 2.18. The Bertz CT molecular complexity index is 844. The molecule has 26 heavy (non-hydrogen) atoms. The number of anilines is 1. The van der Waals surface area contributed by atoms with Crippen LogP contribution in [0.3, 0.4) is 0 Å². The zero-order valence-electron chi connectivity index (χ0n) is 14.3. The topological polar surface area (TPSA) is 88.4 Å². The van der Waals surface area contributed by atoms with Crippen LogP contribution in [-0.2, 0) is 14.3 Å². The SMILES string of the molecule is Cc1ccc(Cl)cc1NC(=O)COC(=O)[C@H](C)Oc1ccc(C#N)cc1. The van der Waals surface area contributed by atoms with Crippen molar-refractivity contribution in [1.82, 2.24) is 0 Å². The summed E-state index contributed by atoms with van der Waals surface area (Å²) in [6.45, 7) is 2.90.